The van der Waals surface area contributed by atoms with Crippen LogP contribution < -0.4 is 11.1 Å². The highest BCUT2D eigenvalue weighted by atomic mass is 32.1. The Morgan fingerprint density at radius 2 is 1.41 bits per heavy atom. The van der Waals surface area contributed by atoms with Gasteiger partial charge in [0.1, 0.15) is 6.17 Å². The van der Waals surface area contributed by atoms with Crippen molar-refractivity contribution in [3.63, 3.8) is 0 Å². The lowest BCUT2D eigenvalue weighted by Crippen LogP contribution is -2.51. The lowest BCUT2D eigenvalue weighted by atomic mass is 9.68. The Morgan fingerprint density at radius 1 is 0.695 bits per heavy atom. The van der Waals surface area contributed by atoms with Crippen molar-refractivity contribution < 1.29 is 0 Å². The number of hydrogen-bond donors (Lipinski definition) is 3. The highest BCUT2D eigenvalue weighted by Gasteiger charge is 2.45. The van der Waals surface area contributed by atoms with Crippen molar-refractivity contribution in [2.75, 3.05) is 0 Å². The number of nitrogens with zero attached hydrogens (tertiary/aromatic N) is 1. The average molecular weight is 784 g/mol. The molecule has 0 radical (unpaired) electrons. The van der Waals surface area contributed by atoms with E-state index in [1.807, 2.05) is 6.21 Å². The van der Waals surface area contributed by atoms with Crippen LogP contribution in [0.25, 0.3) is 54.6 Å². The lowest BCUT2D eigenvalue weighted by Gasteiger charge is -2.41. The molecule has 3 unspecified atom stereocenters. The smallest absolute Gasteiger partial charge is 0.126 e. The molecule has 0 saturated heterocycles. The van der Waals surface area contributed by atoms with Gasteiger partial charge >= 0.3 is 0 Å². The van der Waals surface area contributed by atoms with E-state index in [4.69, 9.17) is 23.4 Å². The fourth-order valence-electron chi connectivity index (χ4n) is 9.95. The Bertz CT molecular complexity index is 2950. The van der Waals surface area contributed by atoms with Gasteiger partial charge in [0.2, 0.25) is 0 Å². The number of benzene rings is 7. The van der Waals surface area contributed by atoms with Gasteiger partial charge in [0, 0.05) is 33.1 Å². The second-order valence-electron chi connectivity index (χ2n) is 17.3. The number of allylic oxidation sites excluding steroid dienone is 7. The zero-order valence-electron chi connectivity index (χ0n) is 33.9. The Labute approximate surface area is 353 Å². The SMILES string of the molecule is CC1(C)C2=C(C=CCC2)C2=C1CC(C)(C(N)NC(/N=C/c1ccc(-c3ccc4c(ccc5ccc(S)c(-c6ccccc6)c54)c3)c3ccccc13)c1ccccc1)C=C2. The first-order valence-corrected chi connectivity index (χ1v) is 21.3. The van der Waals surface area contributed by atoms with Crippen molar-refractivity contribution in [1.82, 2.24) is 5.32 Å². The van der Waals surface area contributed by atoms with Crippen LogP contribution in [0.2, 0.25) is 0 Å². The third-order valence-electron chi connectivity index (χ3n) is 13.3. The normalized spacial score (nSPS) is 19.5. The van der Waals surface area contributed by atoms with E-state index in [0.29, 0.717) is 0 Å². The molecule has 0 bridgehead atoms. The second kappa shape index (κ2) is 14.8. The first-order chi connectivity index (χ1) is 28.7. The van der Waals surface area contributed by atoms with Crippen LogP contribution in [0.5, 0.6) is 0 Å². The minimum atomic E-state index is -0.329. The highest BCUT2D eigenvalue weighted by Crippen LogP contribution is 2.56. The first-order valence-electron chi connectivity index (χ1n) is 20.9. The summed E-state index contributed by atoms with van der Waals surface area (Å²) in [5.74, 6) is 0. The zero-order chi connectivity index (χ0) is 40.3. The van der Waals surface area contributed by atoms with Crippen molar-refractivity contribution >= 4 is 51.2 Å². The van der Waals surface area contributed by atoms with E-state index < -0.39 is 0 Å². The Balaban J connectivity index is 0.973. The van der Waals surface area contributed by atoms with Crippen molar-refractivity contribution in [3.8, 4) is 22.3 Å². The quantitative estimate of drug-likeness (QED) is 0.0622. The third-order valence-corrected chi connectivity index (χ3v) is 13.7. The van der Waals surface area contributed by atoms with Gasteiger partial charge in [-0.05, 0) is 97.1 Å². The van der Waals surface area contributed by atoms with Crippen molar-refractivity contribution in [2.45, 2.75) is 57.3 Å². The van der Waals surface area contributed by atoms with Crippen LogP contribution in [-0.2, 0) is 0 Å². The van der Waals surface area contributed by atoms with Crippen molar-refractivity contribution in [2.24, 2.45) is 21.6 Å². The average Bonchev–Trinajstić information content (AvgIpc) is 3.49. The van der Waals surface area contributed by atoms with Crippen LogP contribution >= 0.6 is 12.6 Å². The Kier molecular flexibility index (Phi) is 9.40. The van der Waals surface area contributed by atoms with Gasteiger partial charge in [0.05, 0.1) is 6.17 Å². The molecule has 0 aromatic heterocycles. The molecule has 0 spiro atoms. The van der Waals surface area contributed by atoms with Crippen molar-refractivity contribution in [3.05, 3.63) is 197 Å². The molecule has 0 aliphatic heterocycles. The fourth-order valence-corrected chi connectivity index (χ4v) is 10.3. The number of nitrogens with two attached hydrogens (primary N) is 1. The molecule has 290 valence electrons. The van der Waals surface area contributed by atoms with E-state index >= 15 is 0 Å². The molecule has 7 aromatic rings. The number of fused-ring (bicyclic) bond motifs is 5. The topological polar surface area (TPSA) is 50.4 Å². The molecule has 0 fully saturated rings. The summed E-state index contributed by atoms with van der Waals surface area (Å²) in [6.45, 7) is 7.09. The molecular formula is C55H49N3S. The number of thiol groups is 1. The number of rotatable bonds is 8. The van der Waals surface area contributed by atoms with E-state index in [1.165, 1.54) is 65.9 Å². The van der Waals surface area contributed by atoms with E-state index in [2.05, 4.69) is 190 Å². The van der Waals surface area contributed by atoms with E-state index in [0.717, 1.165) is 40.7 Å². The van der Waals surface area contributed by atoms with Crippen LogP contribution in [0.1, 0.15) is 57.3 Å². The lowest BCUT2D eigenvalue weighted by molar-refractivity contribution is 0.249. The molecule has 7 aromatic carbocycles. The van der Waals surface area contributed by atoms with Gasteiger partial charge in [-0.15, -0.1) is 12.6 Å². The Hall–Kier alpha value is -5.78. The maximum absolute atomic E-state index is 7.21. The molecule has 3 aliphatic carbocycles. The monoisotopic (exact) mass is 783 g/mol. The molecule has 3 N–H and O–H groups in total. The summed E-state index contributed by atoms with van der Waals surface area (Å²) in [6, 6.07) is 49.8. The van der Waals surface area contributed by atoms with Gasteiger partial charge in [-0.1, -0.05) is 184 Å². The molecule has 3 aliphatic rings. The molecule has 4 heteroatoms. The maximum Gasteiger partial charge on any atom is 0.126 e. The van der Waals surface area contributed by atoms with Crippen LogP contribution in [-0.4, -0.2) is 12.4 Å². The predicted molar refractivity (Wildman–Crippen MR) is 253 cm³/mol. The zero-order valence-corrected chi connectivity index (χ0v) is 34.8. The van der Waals surface area contributed by atoms with Crippen LogP contribution in [0.15, 0.2) is 196 Å². The standard InChI is InChI=1S/C55H49N3S/c1-54(2)47-21-13-12-20-45(47)46-30-31-55(3,33-48(46)54)53(56)58-52(37-16-8-5-9-17-37)57-34-40-25-27-42(44-19-11-10-18-41(40)44)38-24-28-43-39(32-38)23-22-36-26-29-49(59)51(50(36)43)35-14-6-4-7-15-35/h4-12,14-20,22-32,34,52-53,58-59H,13,21,33,56H2,1-3H3/b57-34+. The molecule has 0 amide bonds. The molecular weight excluding hydrogens is 735 g/mol. The molecule has 59 heavy (non-hydrogen) atoms. The third kappa shape index (κ3) is 6.51. The summed E-state index contributed by atoms with van der Waals surface area (Å²) < 4.78 is 0. The van der Waals surface area contributed by atoms with Gasteiger partial charge in [0.25, 0.3) is 0 Å². The van der Waals surface area contributed by atoms with Crippen LogP contribution in [0.4, 0.5) is 0 Å². The van der Waals surface area contributed by atoms with Crippen LogP contribution in [0, 0.1) is 10.8 Å². The number of hydrogen-bond acceptors (Lipinski definition) is 4. The maximum atomic E-state index is 7.21. The fraction of sp³-hybridized carbons (Fsp3) is 0.182. The first kappa shape index (κ1) is 37.5. The van der Waals surface area contributed by atoms with E-state index in [-0.39, 0.29) is 23.2 Å². The van der Waals surface area contributed by atoms with Gasteiger partial charge in [-0.3, -0.25) is 10.3 Å². The molecule has 0 heterocycles. The molecule has 3 atom stereocenters. The van der Waals surface area contributed by atoms with E-state index in [1.54, 1.807) is 5.57 Å². The summed E-state index contributed by atoms with van der Waals surface area (Å²) in [6.07, 6.45) is 13.9. The summed E-state index contributed by atoms with van der Waals surface area (Å²) in [4.78, 5) is 6.25. The largest absolute Gasteiger partial charge is 0.315 e. The molecule has 0 saturated carbocycles. The van der Waals surface area contributed by atoms with Gasteiger partial charge in [-0.25, -0.2) is 0 Å². The number of aliphatic imine (C=N–C) groups is 1. The van der Waals surface area contributed by atoms with Gasteiger partial charge in [-0.2, -0.15) is 0 Å². The summed E-state index contributed by atoms with van der Waals surface area (Å²) in [5, 5.41) is 11.0. The molecule has 3 nitrogen and oxygen atoms in total. The van der Waals surface area contributed by atoms with Gasteiger partial charge in [0.15, 0.2) is 0 Å². The minimum Gasteiger partial charge on any atom is -0.315 e. The van der Waals surface area contributed by atoms with Gasteiger partial charge < -0.3 is 5.73 Å². The number of nitrogens with one attached hydrogen (secondary N) is 1. The van der Waals surface area contributed by atoms with Crippen molar-refractivity contribution in [1.29, 1.82) is 0 Å². The molecule has 10 rings (SSSR count). The Morgan fingerprint density at radius 3 is 2.22 bits per heavy atom. The van der Waals surface area contributed by atoms with E-state index in [9.17, 15) is 0 Å². The summed E-state index contributed by atoms with van der Waals surface area (Å²) in [5.41, 5.74) is 19.7. The van der Waals surface area contributed by atoms with Crippen LogP contribution in [0.3, 0.4) is 0 Å². The minimum absolute atomic E-state index is 0.0365. The predicted octanol–water partition coefficient (Wildman–Crippen LogP) is 13.7. The second-order valence-corrected chi connectivity index (χ2v) is 17.8. The highest BCUT2D eigenvalue weighted by molar-refractivity contribution is 7.80. The summed E-state index contributed by atoms with van der Waals surface area (Å²) in [7, 11) is 0. The summed E-state index contributed by atoms with van der Waals surface area (Å²) >= 11 is 4.93.